The number of nitrogens with zero attached hydrogens (tertiary/aromatic N) is 3. The first kappa shape index (κ1) is 18.2. The first-order valence-electron chi connectivity index (χ1n) is 7.38. The maximum atomic E-state index is 11.4. The molecule has 0 spiro atoms. The topological polar surface area (TPSA) is 158 Å². The van der Waals surface area contributed by atoms with Crippen molar-refractivity contribution in [2.45, 2.75) is 4.90 Å². The molecule has 0 radical (unpaired) electrons. The van der Waals surface area contributed by atoms with Crippen LogP contribution < -0.4 is 5.14 Å². The van der Waals surface area contributed by atoms with E-state index in [0.717, 1.165) is 0 Å². The highest BCUT2D eigenvalue weighted by Gasteiger charge is 2.17. The maximum Gasteiger partial charge on any atom is 0.356 e. The van der Waals surface area contributed by atoms with E-state index in [-0.39, 0.29) is 16.3 Å². The summed E-state index contributed by atoms with van der Waals surface area (Å²) >= 11 is 0. The van der Waals surface area contributed by atoms with Crippen molar-refractivity contribution < 1.29 is 23.2 Å². The Morgan fingerprint density at radius 1 is 1.11 bits per heavy atom. The van der Waals surface area contributed by atoms with Gasteiger partial charge in [-0.05, 0) is 42.5 Å². The SMILES string of the molecule is NS(=O)(=O)c1ccc(-n2nc(C(=O)O)cc2-c2ccc([N+](=O)[O-])cc2)cc1. The fourth-order valence-electron chi connectivity index (χ4n) is 2.42. The molecule has 0 saturated heterocycles. The second-order valence-electron chi connectivity index (χ2n) is 5.47. The minimum absolute atomic E-state index is 0.103. The van der Waals surface area contributed by atoms with Crippen LogP contribution in [0.1, 0.15) is 10.5 Å². The van der Waals surface area contributed by atoms with E-state index in [1.807, 2.05) is 0 Å². The molecule has 0 aliphatic heterocycles. The van der Waals surface area contributed by atoms with E-state index in [0.29, 0.717) is 16.9 Å². The number of nitro benzene ring substituents is 1. The van der Waals surface area contributed by atoms with Crippen molar-refractivity contribution in [1.29, 1.82) is 0 Å². The number of nitrogens with two attached hydrogens (primary N) is 1. The van der Waals surface area contributed by atoms with Crippen molar-refractivity contribution in [3.63, 3.8) is 0 Å². The van der Waals surface area contributed by atoms with Gasteiger partial charge in [0, 0.05) is 17.7 Å². The van der Waals surface area contributed by atoms with E-state index < -0.39 is 20.9 Å². The van der Waals surface area contributed by atoms with Crippen LogP contribution in [-0.4, -0.2) is 34.2 Å². The molecule has 10 nitrogen and oxygen atoms in total. The summed E-state index contributed by atoms with van der Waals surface area (Å²) in [6.07, 6.45) is 0. The van der Waals surface area contributed by atoms with Crippen LogP contribution >= 0.6 is 0 Å². The highest BCUT2D eigenvalue weighted by Crippen LogP contribution is 2.26. The van der Waals surface area contributed by atoms with Crippen LogP contribution in [-0.2, 0) is 10.0 Å². The summed E-state index contributed by atoms with van der Waals surface area (Å²) in [5, 5.41) is 29.1. The lowest BCUT2D eigenvalue weighted by atomic mass is 10.1. The smallest absolute Gasteiger partial charge is 0.356 e. The number of non-ortho nitro benzene ring substituents is 1. The minimum atomic E-state index is -3.87. The third-order valence-corrected chi connectivity index (χ3v) is 4.64. The van der Waals surface area contributed by atoms with Gasteiger partial charge in [0.15, 0.2) is 5.69 Å². The fourth-order valence-corrected chi connectivity index (χ4v) is 2.93. The first-order chi connectivity index (χ1) is 12.7. The number of carboxylic acids is 1. The maximum absolute atomic E-state index is 11.4. The lowest BCUT2D eigenvalue weighted by molar-refractivity contribution is -0.384. The highest BCUT2D eigenvalue weighted by atomic mass is 32.2. The van der Waals surface area contributed by atoms with Gasteiger partial charge in [0.1, 0.15) is 0 Å². The number of carboxylic acid groups (broad SMARTS) is 1. The third kappa shape index (κ3) is 3.68. The van der Waals surface area contributed by atoms with Gasteiger partial charge in [0.2, 0.25) is 10.0 Å². The van der Waals surface area contributed by atoms with Gasteiger partial charge < -0.3 is 5.11 Å². The van der Waals surface area contributed by atoms with Crippen LogP contribution in [0.2, 0.25) is 0 Å². The molecular weight excluding hydrogens is 376 g/mol. The van der Waals surface area contributed by atoms with E-state index in [4.69, 9.17) is 5.14 Å². The van der Waals surface area contributed by atoms with Gasteiger partial charge in [-0.3, -0.25) is 10.1 Å². The summed E-state index contributed by atoms with van der Waals surface area (Å²) < 4.78 is 24.0. The Hall–Kier alpha value is -3.57. The quantitative estimate of drug-likeness (QED) is 0.498. The molecule has 27 heavy (non-hydrogen) atoms. The molecule has 0 atom stereocenters. The van der Waals surface area contributed by atoms with Crippen LogP contribution in [0.15, 0.2) is 59.5 Å². The number of hydrogen-bond donors (Lipinski definition) is 2. The molecule has 0 unspecified atom stereocenters. The number of benzene rings is 2. The number of rotatable bonds is 5. The summed E-state index contributed by atoms with van der Waals surface area (Å²) in [5.41, 5.74) is 0.907. The molecule has 3 rings (SSSR count). The minimum Gasteiger partial charge on any atom is -0.476 e. The predicted molar refractivity (Wildman–Crippen MR) is 94.0 cm³/mol. The number of aromatic nitrogens is 2. The molecule has 0 aliphatic rings. The van der Waals surface area contributed by atoms with Gasteiger partial charge in [0.05, 0.1) is 21.2 Å². The van der Waals surface area contributed by atoms with Gasteiger partial charge in [0.25, 0.3) is 5.69 Å². The van der Waals surface area contributed by atoms with Gasteiger partial charge in [-0.15, -0.1) is 0 Å². The van der Waals surface area contributed by atoms with Crippen LogP contribution in [0.5, 0.6) is 0 Å². The molecular formula is C16H12N4O6S. The number of nitro groups is 1. The van der Waals surface area contributed by atoms with E-state index >= 15 is 0 Å². The van der Waals surface area contributed by atoms with Gasteiger partial charge in [-0.1, -0.05) is 0 Å². The molecule has 2 aromatic carbocycles. The Balaban J connectivity index is 2.12. The largest absolute Gasteiger partial charge is 0.476 e. The summed E-state index contributed by atoms with van der Waals surface area (Å²) in [4.78, 5) is 21.4. The monoisotopic (exact) mass is 388 g/mol. The zero-order valence-corrected chi connectivity index (χ0v) is 14.3. The Morgan fingerprint density at radius 3 is 2.19 bits per heavy atom. The van der Waals surface area contributed by atoms with E-state index in [2.05, 4.69) is 5.10 Å². The normalized spacial score (nSPS) is 11.3. The third-order valence-electron chi connectivity index (χ3n) is 3.71. The van der Waals surface area contributed by atoms with Crippen LogP contribution in [0.4, 0.5) is 5.69 Å². The van der Waals surface area contributed by atoms with Crippen LogP contribution in [0, 0.1) is 10.1 Å². The summed E-state index contributed by atoms with van der Waals surface area (Å²) in [5.74, 6) is -1.25. The Morgan fingerprint density at radius 2 is 1.70 bits per heavy atom. The Kier molecular flexibility index (Phi) is 4.47. The predicted octanol–water partition coefficient (Wildman–Crippen LogP) is 1.79. The second-order valence-corrected chi connectivity index (χ2v) is 7.04. The van der Waals surface area contributed by atoms with Crippen LogP contribution in [0.25, 0.3) is 16.9 Å². The molecule has 3 N–H and O–H groups in total. The average Bonchev–Trinajstić information content (AvgIpc) is 3.07. The number of primary sulfonamides is 1. The van der Waals surface area contributed by atoms with Crippen molar-refractivity contribution in [1.82, 2.24) is 9.78 Å². The second kappa shape index (κ2) is 6.63. The number of carbonyl (C=O) groups is 1. The zero-order chi connectivity index (χ0) is 19.8. The summed E-state index contributed by atoms with van der Waals surface area (Å²) in [6, 6.07) is 12.2. The van der Waals surface area contributed by atoms with Crippen LogP contribution in [0.3, 0.4) is 0 Å². The molecule has 1 aromatic heterocycles. The van der Waals surface area contributed by atoms with E-state index in [9.17, 15) is 28.4 Å². The molecule has 0 fully saturated rings. The molecule has 0 amide bonds. The molecule has 138 valence electrons. The molecule has 0 aliphatic carbocycles. The standard InChI is InChI=1S/C16H12N4O6S/c17-27(25,26)13-7-5-11(6-8-13)19-15(9-14(18-19)16(21)22)10-1-3-12(4-2-10)20(23)24/h1-9H,(H,21,22)(H2,17,25,26). The van der Waals surface area contributed by atoms with Crippen molar-refractivity contribution >= 4 is 21.7 Å². The lowest BCUT2D eigenvalue weighted by Gasteiger charge is -2.08. The van der Waals surface area contributed by atoms with Crippen molar-refractivity contribution in [3.05, 3.63) is 70.4 Å². The summed E-state index contributed by atoms with van der Waals surface area (Å²) in [6.45, 7) is 0. The molecule has 0 saturated carbocycles. The van der Waals surface area contributed by atoms with Gasteiger partial charge >= 0.3 is 5.97 Å². The number of aromatic carboxylic acids is 1. The first-order valence-corrected chi connectivity index (χ1v) is 8.93. The Bertz CT molecular complexity index is 1130. The van der Waals surface area contributed by atoms with Gasteiger partial charge in [-0.2, -0.15) is 5.10 Å². The summed E-state index contributed by atoms with van der Waals surface area (Å²) in [7, 11) is -3.87. The molecule has 0 bridgehead atoms. The molecule has 11 heteroatoms. The average molecular weight is 388 g/mol. The highest BCUT2D eigenvalue weighted by molar-refractivity contribution is 7.89. The van der Waals surface area contributed by atoms with E-state index in [1.165, 1.54) is 59.3 Å². The van der Waals surface area contributed by atoms with Crippen molar-refractivity contribution in [3.8, 4) is 16.9 Å². The molecule has 1 heterocycles. The fraction of sp³-hybridized carbons (Fsp3) is 0. The molecule has 3 aromatic rings. The number of sulfonamides is 1. The van der Waals surface area contributed by atoms with Crippen molar-refractivity contribution in [2.24, 2.45) is 5.14 Å². The zero-order valence-electron chi connectivity index (χ0n) is 13.5. The van der Waals surface area contributed by atoms with Gasteiger partial charge in [-0.25, -0.2) is 23.0 Å². The van der Waals surface area contributed by atoms with Crippen molar-refractivity contribution in [2.75, 3.05) is 0 Å². The number of hydrogen-bond acceptors (Lipinski definition) is 6. The lowest BCUT2D eigenvalue weighted by Crippen LogP contribution is -2.12. The van der Waals surface area contributed by atoms with E-state index in [1.54, 1.807) is 0 Å². The Labute approximate surface area is 152 Å².